The normalized spacial score (nSPS) is 10.9. The maximum absolute atomic E-state index is 11.1. The zero-order chi connectivity index (χ0) is 15.0. The van der Waals surface area contributed by atoms with Crippen LogP contribution in [0.15, 0.2) is 12.1 Å². The second kappa shape index (κ2) is 4.84. The summed E-state index contributed by atoms with van der Waals surface area (Å²) >= 11 is 0. The summed E-state index contributed by atoms with van der Waals surface area (Å²) in [6, 6.07) is 2.86. The maximum atomic E-state index is 11.1. The fourth-order valence-electron chi connectivity index (χ4n) is 2.49. The molecular formula is C13H15N3O4. The Labute approximate surface area is 114 Å². The summed E-state index contributed by atoms with van der Waals surface area (Å²) in [5, 5.41) is 20.5. The van der Waals surface area contributed by atoms with Crippen molar-refractivity contribution in [2.24, 2.45) is 7.05 Å². The van der Waals surface area contributed by atoms with E-state index in [0.29, 0.717) is 23.0 Å². The van der Waals surface area contributed by atoms with Gasteiger partial charge in [0, 0.05) is 36.3 Å². The van der Waals surface area contributed by atoms with Gasteiger partial charge in [-0.05, 0) is 25.0 Å². The Morgan fingerprint density at radius 2 is 2.15 bits per heavy atom. The number of non-ortho nitro benzene ring substituents is 1. The van der Waals surface area contributed by atoms with E-state index in [9.17, 15) is 14.9 Å². The van der Waals surface area contributed by atoms with Crippen LogP contribution in [0.5, 0.6) is 0 Å². The first kappa shape index (κ1) is 13.9. The molecule has 0 spiro atoms. The van der Waals surface area contributed by atoms with Gasteiger partial charge in [-0.2, -0.15) is 0 Å². The number of fused-ring (bicyclic) bond motifs is 1. The predicted octanol–water partition coefficient (Wildman–Crippen LogP) is 1.99. The largest absolute Gasteiger partial charge is 0.481 e. The Bertz CT molecular complexity index is 718. The van der Waals surface area contributed by atoms with Crippen molar-refractivity contribution >= 4 is 28.2 Å². The molecule has 0 radical (unpaired) electrons. The van der Waals surface area contributed by atoms with Crippen LogP contribution in [-0.2, 0) is 18.3 Å². The van der Waals surface area contributed by atoms with Gasteiger partial charge in [0.2, 0.25) is 0 Å². The SMILES string of the molecule is Cc1c(CCC(=O)O)c2c(N)ccc([N+](=O)[O-])c2n1C. The molecule has 0 unspecified atom stereocenters. The smallest absolute Gasteiger partial charge is 0.303 e. The van der Waals surface area contributed by atoms with Gasteiger partial charge in [-0.25, -0.2) is 0 Å². The lowest BCUT2D eigenvalue weighted by molar-refractivity contribution is -0.383. The average Bonchev–Trinajstić information content (AvgIpc) is 2.62. The Hall–Kier alpha value is -2.57. The van der Waals surface area contributed by atoms with Gasteiger partial charge in [-0.3, -0.25) is 14.9 Å². The number of benzene rings is 1. The molecule has 0 bridgehead atoms. The lowest BCUT2D eigenvalue weighted by Crippen LogP contribution is -1.99. The standard InChI is InChI=1S/C13H15N3O4/c1-7-8(3-6-11(17)18)12-9(14)4-5-10(16(19)20)13(12)15(7)2/h4-5H,3,6,14H2,1-2H3,(H,17,18). The zero-order valence-electron chi connectivity index (χ0n) is 11.2. The van der Waals surface area contributed by atoms with Gasteiger partial charge in [0.05, 0.1) is 4.92 Å². The van der Waals surface area contributed by atoms with Crippen molar-refractivity contribution in [1.29, 1.82) is 0 Å². The molecule has 0 saturated carbocycles. The molecule has 20 heavy (non-hydrogen) atoms. The van der Waals surface area contributed by atoms with Gasteiger partial charge in [-0.15, -0.1) is 0 Å². The molecule has 0 aliphatic carbocycles. The lowest BCUT2D eigenvalue weighted by atomic mass is 10.0. The van der Waals surface area contributed by atoms with E-state index < -0.39 is 10.9 Å². The monoisotopic (exact) mass is 277 g/mol. The fraction of sp³-hybridized carbons (Fsp3) is 0.308. The summed E-state index contributed by atoms with van der Waals surface area (Å²) in [6.45, 7) is 1.81. The number of hydrogen-bond acceptors (Lipinski definition) is 4. The molecule has 0 fully saturated rings. The van der Waals surface area contributed by atoms with Gasteiger partial charge >= 0.3 is 5.97 Å². The third kappa shape index (κ3) is 2.07. The van der Waals surface area contributed by atoms with Gasteiger partial charge < -0.3 is 15.4 Å². The van der Waals surface area contributed by atoms with Crippen molar-refractivity contribution in [3.63, 3.8) is 0 Å². The molecule has 2 aromatic rings. The molecule has 1 aromatic heterocycles. The third-order valence-corrected chi connectivity index (χ3v) is 3.55. The van der Waals surface area contributed by atoms with Crippen molar-refractivity contribution in [3.8, 4) is 0 Å². The van der Waals surface area contributed by atoms with Crippen molar-refractivity contribution < 1.29 is 14.8 Å². The molecule has 3 N–H and O–H groups in total. The quantitative estimate of drug-likeness (QED) is 0.504. The minimum Gasteiger partial charge on any atom is -0.481 e. The van der Waals surface area contributed by atoms with Crippen LogP contribution >= 0.6 is 0 Å². The summed E-state index contributed by atoms with van der Waals surface area (Å²) in [6.07, 6.45) is 0.256. The van der Waals surface area contributed by atoms with E-state index in [4.69, 9.17) is 10.8 Å². The second-order valence-corrected chi connectivity index (χ2v) is 4.67. The molecule has 0 amide bonds. The van der Waals surface area contributed by atoms with E-state index >= 15 is 0 Å². The molecule has 106 valence electrons. The number of carboxylic acids is 1. The van der Waals surface area contributed by atoms with E-state index in [1.807, 2.05) is 0 Å². The Morgan fingerprint density at radius 1 is 1.50 bits per heavy atom. The highest BCUT2D eigenvalue weighted by atomic mass is 16.6. The van der Waals surface area contributed by atoms with Crippen molar-refractivity contribution in [3.05, 3.63) is 33.5 Å². The molecule has 1 aromatic carbocycles. The van der Waals surface area contributed by atoms with Gasteiger partial charge in [0.1, 0.15) is 5.52 Å². The molecule has 7 heteroatoms. The topological polar surface area (TPSA) is 111 Å². The van der Waals surface area contributed by atoms with E-state index in [0.717, 1.165) is 11.3 Å². The minimum absolute atomic E-state index is 0.0265. The number of hydrogen-bond donors (Lipinski definition) is 2. The Balaban J connectivity index is 2.76. The molecule has 0 atom stereocenters. The number of nitrogens with two attached hydrogens (primary N) is 1. The molecule has 7 nitrogen and oxygen atoms in total. The highest BCUT2D eigenvalue weighted by Crippen LogP contribution is 2.36. The molecule has 0 aliphatic rings. The number of aryl methyl sites for hydroxylation is 2. The van der Waals surface area contributed by atoms with Gasteiger partial charge in [0.15, 0.2) is 0 Å². The Morgan fingerprint density at radius 3 is 2.70 bits per heavy atom. The van der Waals surface area contributed by atoms with Gasteiger partial charge in [0.25, 0.3) is 5.69 Å². The molecular weight excluding hydrogens is 262 g/mol. The van der Waals surface area contributed by atoms with Crippen LogP contribution in [0.3, 0.4) is 0 Å². The molecule has 1 heterocycles. The predicted molar refractivity (Wildman–Crippen MR) is 74.7 cm³/mol. The lowest BCUT2D eigenvalue weighted by Gasteiger charge is -2.02. The Kier molecular flexibility index (Phi) is 3.35. The van der Waals surface area contributed by atoms with E-state index in [-0.39, 0.29) is 12.1 Å². The van der Waals surface area contributed by atoms with Crippen LogP contribution in [0.4, 0.5) is 11.4 Å². The second-order valence-electron chi connectivity index (χ2n) is 4.67. The number of nitro benzene ring substituents is 1. The highest BCUT2D eigenvalue weighted by Gasteiger charge is 2.22. The number of aromatic nitrogens is 1. The van der Waals surface area contributed by atoms with Crippen LogP contribution in [0, 0.1) is 17.0 Å². The van der Waals surface area contributed by atoms with Crippen LogP contribution in [-0.4, -0.2) is 20.6 Å². The van der Waals surface area contributed by atoms with Crippen molar-refractivity contribution in [2.75, 3.05) is 5.73 Å². The first-order valence-corrected chi connectivity index (χ1v) is 6.07. The summed E-state index contributed by atoms with van der Waals surface area (Å²) in [5.74, 6) is -0.912. The molecule has 0 aliphatic heterocycles. The number of nitrogen functional groups attached to an aromatic ring is 1. The number of carboxylic acid groups (broad SMARTS) is 1. The van der Waals surface area contributed by atoms with Crippen molar-refractivity contribution in [2.45, 2.75) is 19.8 Å². The number of nitro groups is 1. The zero-order valence-corrected chi connectivity index (χ0v) is 11.2. The minimum atomic E-state index is -0.912. The van der Waals surface area contributed by atoms with E-state index in [1.165, 1.54) is 12.1 Å². The number of aliphatic carboxylic acids is 1. The number of carbonyl (C=O) groups is 1. The number of nitrogens with zero attached hydrogens (tertiary/aromatic N) is 2. The van der Waals surface area contributed by atoms with Crippen LogP contribution in [0.25, 0.3) is 10.9 Å². The van der Waals surface area contributed by atoms with Crippen LogP contribution in [0.1, 0.15) is 17.7 Å². The van der Waals surface area contributed by atoms with Gasteiger partial charge in [-0.1, -0.05) is 0 Å². The first-order valence-electron chi connectivity index (χ1n) is 6.07. The van der Waals surface area contributed by atoms with E-state index in [2.05, 4.69) is 0 Å². The van der Waals surface area contributed by atoms with Crippen LogP contribution in [0.2, 0.25) is 0 Å². The summed E-state index contributed by atoms with van der Waals surface area (Å²) < 4.78 is 1.70. The fourth-order valence-corrected chi connectivity index (χ4v) is 2.49. The number of rotatable bonds is 4. The highest BCUT2D eigenvalue weighted by molar-refractivity contribution is 6.00. The number of anilines is 1. The van der Waals surface area contributed by atoms with Crippen molar-refractivity contribution in [1.82, 2.24) is 4.57 Å². The maximum Gasteiger partial charge on any atom is 0.303 e. The molecule has 2 rings (SSSR count). The summed E-state index contributed by atoms with van der Waals surface area (Å²) in [4.78, 5) is 21.4. The first-order chi connectivity index (χ1) is 9.34. The third-order valence-electron chi connectivity index (χ3n) is 3.55. The average molecular weight is 277 g/mol. The summed E-state index contributed by atoms with van der Waals surface area (Å²) in [7, 11) is 1.72. The van der Waals surface area contributed by atoms with Crippen LogP contribution < -0.4 is 5.73 Å². The summed E-state index contributed by atoms with van der Waals surface area (Å²) in [5.41, 5.74) is 8.32. The molecule has 0 saturated heterocycles. The van der Waals surface area contributed by atoms with E-state index in [1.54, 1.807) is 18.5 Å².